The maximum Gasteiger partial charge on any atom is 0.126 e. The van der Waals surface area contributed by atoms with Gasteiger partial charge in [-0.25, -0.2) is 9.97 Å². The fraction of sp³-hybridized carbons (Fsp3) is 0.400. The predicted octanol–water partition coefficient (Wildman–Crippen LogP) is 3.95. The molecule has 24 heavy (non-hydrogen) atoms. The van der Waals surface area contributed by atoms with Crippen molar-refractivity contribution >= 4 is 11.0 Å². The van der Waals surface area contributed by atoms with Crippen LogP contribution in [-0.4, -0.2) is 32.9 Å². The minimum absolute atomic E-state index is 0.597. The van der Waals surface area contributed by atoms with Crippen LogP contribution in [0.15, 0.2) is 36.5 Å². The van der Waals surface area contributed by atoms with Gasteiger partial charge >= 0.3 is 0 Å². The van der Waals surface area contributed by atoms with Crippen molar-refractivity contribution in [1.29, 1.82) is 0 Å². The van der Waals surface area contributed by atoms with E-state index in [1.165, 1.54) is 29.7 Å². The molecule has 1 N–H and O–H groups in total. The van der Waals surface area contributed by atoms with E-state index in [0.29, 0.717) is 5.92 Å². The van der Waals surface area contributed by atoms with E-state index in [1.54, 1.807) is 0 Å². The Bertz CT molecular complexity index is 829. The van der Waals surface area contributed by atoms with Crippen molar-refractivity contribution in [2.75, 3.05) is 13.1 Å². The molecule has 1 saturated heterocycles. The Morgan fingerprint density at radius 2 is 1.88 bits per heavy atom. The molecule has 124 valence electrons. The molecule has 0 unspecified atom stereocenters. The minimum Gasteiger partial charge on any atom is -0.356 e. The smallest absolute Gasteiger partial charge is 0.126 e. The molecule has 1 aromatic carbocycles. The second kappa shape index (κ2) is 6.36. The van der Waals surface area contributed by atoms with Crippen molar-refractivity contribution in [1.82, 2.24) is 19.9 Å². The van der Waals surface area contributed by atoms with Gasteiger partial charge in [-0.05, 0) is 51.3 Å². The summed E-state index contributed by atoms with van der Waals surface area (Å²) in [6.45, 7) is 7.49. The highest BCUT2D eigenvalue weighted by Crippen LogP contribution is 2.34. The van der Waals surface area contributed by atoms with Crippen molar-refractivity contribution in [3.8, 4) is 0 Å². The van der Waals surface area contributed by atoms with Crippen LogP contribution in [0, 0.1) is 13.8 Å². The molecule has 1 aliphatic rings. The number of nitrogens with one attached hydrogen (secondary N) is 1. The number of aromatic amines is 1. The molecule has 1 aliphatic heterocycles. The highest BCUT2D eigenvalue weighted by molar-refractivity contribution is 5.80. The first-order valence-corrected chi connectivity index (χ1v) is 8.79. The number of hydrogen-bond acceptors (Lipinski definition) is 3. The summed E-state index contributed by atoms with van der Waals surface area (Å²) in [4.78, 5) is 15.0. The number of aromatic nitrogens is 3. The van der Waals surface area contributed by atoms with E-state index in [-0.39, 0.29) is 0 Å². The van der Waals surface area contributed by atoms with Gasteiger partial charge < -0.3 is 4.98 Å². The summed E-state index contributed by atoms with van der Waals surface area (Å²) in [6, 6.07) is 10.8. The molecule has 0 amide bonds. The minimum atomic E-state index is 0.597. The molecule has 0 saturated carbocycles. The molecule has 0 atom stereocenters. The normalized spacial score (nSPS) is 16.8. The molecule has 3 aromatic rings. The van der Waals surface area contributed by atoms with Gasteiger partial charge in [-0.2, -0.15) is 0 Å². The SMILES string of the molecule is Cc1ncc2[nH]c(C)c(C3CCN(Cc4ccccc4)CC3)c2n1. The van der Waals surface area contributed by atoms with E-state index in [9.17, 15) is 0 Å². The molecule has 0 spiro atoms. The van der Waals surface area contributed by atoms with Crippen LogP contribution >= 0.6 is 0 Å². The van der Waals surface area contributed by atoms with Crippen LogP contribution in [0.2, 0.25) is 0 Å². The molecular formula is C20H24N4. The largest absolute Gasteiger partial charge is 0.356 e. The molecule has 2 aromatic heterocycles. The van der Waals surface area contributed by atoms with E-state index in [1.807, 2.05) is 13.1 Å². The Morgan fingerprint density at radius 3 is 2.62 bits per heavy atom. The first-order chi connectivity index (χ1) is 11.7. The summed E-state index contributed by atoms with van der Waals surface area (Å²) in [7, 11) is 0. The van der Waals surface area contributed by atoms with Gasteiger partial charge in [0.2, 0.25) is 0 Å². The molecule has 3 heterocycles. The number of hydrogen-bond donors (Lipinski definition) is 1. The first-order valence-electron chi connectivity index (χ1n) is 8.79. The molecule has 0 aliphatic carbocycles. The number of likely N-dealkylation sites (tertiary alicyclic amines) is 1. The quantitative estimate of drug-likeness (QED) is 0.794. The first kappa shape index (κ1) is 15.3. The number of fused-ring (bicyclic) bond motifs is 1. The van der Waals surface area contributed by atoms with Crippen LogP contribution in [0.1, 0.15) is 41.4 Å². The molecule has 4 heteroatoms. The number of H-pyrrole nitrogens is 1. The molecule has 4 rings (SSSR count). The molecule has 0 bridgehead atoms. The lowest BCUT2D eigenvalue weighted by Crippen LogP contribution is -2.32. The summed E-state index contributed by atoms with van der Waals surface area (Å²) in [6.07, 6.45) is 4.31. The fourth-order valence-corrected chi connectivity index (χ4v) is 3.93. The average molecular weight is 320 g/mol. The third-order valence-corrected chi connectivity index (χ3v) is 5.14. The maximum atomic E-state index is 4.70. The average Bonchev–Trinajstić information content (AvgIpc) is 2.92. The number of aryl methyl sites for hydroxylation is 2. The van der Waals surface area contributed by atoms with Crippen LogP contribution in [0.4, 0.5) is 0 Å². The Kier molecular flexibility index (Phi) is 4.07. The lowest BCUT2D eigenvalue weighted by molar-refractivity contribution is 0.205. The molecule has 1 fully saturated rings. The number of rotatable bonds is 3. The van der Waals surface area contributed by atoms with Crippen molar-refractivity contribution in [2.45, 2.75) is 39.2 Å². The van der Waals surface area contributed by atoms with Crippen molar-refractivity contribution < 1.29 is 0 Å². The van der Waals surface area contributed by atoms with Gasteiger partial charge in [-0.3, -0.25) is 4.90 Å². The van der Waals surface area contributed by atoms with E-state index in [0.717, 1.165) is 36.5 Å². The van der Waals surface area contributed by atoms with Gasteiger partial charge in [-0.15, -0.1) is 0 Å². The second-order valence-electron chi connectivity index (χ2n) is 6.88. The predicted molar refractivity (Wildman–Crippen MR) is 97.1 cm³/mol. The zero-order chi connectivity index (χ0) is 16.5. The van der Waals surface area contributed by atoms with Gasteiger partial charge in [0.15, 0.2) is 0 Å². The van der Waals surface area contributed by atoms with Crippen molar-refractivity contribution in [3.05, 3.63) is 59.2 Å². The van der Waals surface area contributed by atoms with Gasteiger partial charge in [0.1, 0.15) is 5.82 Å². The van der Waals surface area contributed by atoms with E-state index >= 15 is 0 Å². The number of piperidine rings is 1. The summed E-state index contributed by atoms with van der Waals surface area (Å²) in [5.74, 6) is 1.45. The zero-order valence-electron chi connectivity index (χ0n) is 14.4. The van der Waals surface area contributed by atoms with E-state index in [2.05, 4.69) is 52.1 Å². The molecule has 4 nitrogen and oxygen atoms in total. The molecule has 0 radical (unpaired) electrons. The van der Waals surface area contributed by atoms with Crippen LogP contribution in [0.5, 0.6) is 0 Å². The van der Waals surface area contributed by atoms with Gasteiger partial charge in [0.25, 0.3) is 0 Å². The monoisotopic (exact) mass is 320 g/mol. The highest BCUT2D eigenvalue weighted by Gasteiger charge is 2.25. The number of nitrogens with zero attached hydrogens (tertiary/aromatic N) is 3. The van der Waals surface area contributed by atoms with Gasteiger partial charge in [0.05, 0.1) is 17.2 Å². The van der Waals surface area contributed by atoms with Crippen LogP contribution in [-0.2, 0) is 6.54 Å². The summed E-state index contributed by atoms with van der Waals surface area (Å²) in [5, 5.41) is 0. The van der Waals surface area contributed by atoms with Crippen LogP contribution < -0.4 is 0 Å². The Labute approximate surface area is 142 Å². The lowest BCUT2D eigenvalue weighted by Gasteiger charge is -2.32. The molecular weight excluding hydrogens is 296 g/mol. The van der Waals surface area contributed by atoms with E-state index < -0.39 is 0 Å². The number of benzene rings is 1. The Morgan fingerprint density at radius 1 is 1.12 bits per heavy atom. The lowest BCUT2D eigenvalue weighted by atomic mass is 9.88. The third-order valence-electron chi connectivity index (χ3n) is 5.14. The standard InChI is InChI=1S/C20H24N4/c1-14-19(20-18(22-14)12-21-15(2)23-20)17-8-10-24(11-9-17)13-16-6-4-3-5-7-16/h3-7,12,17,22H,8-11,13H2,1-2H3. The Hall–Kier alpha value is -2.20. The summed E-state index contributed by atoms with van der Waals surface area (Å²) < 4.78 is 0. The Balaban J connectivity index is 1.50. The highest BCUT2D eigenvalue weighted by atomic mass is 15.1. The van der Waals surface area contributed by atoms with Crippen molar-refractivity contribution in [3.63, 3.8) is 0 Å². The van der Waals surface area contributed by atoms with Gasteiger partial charge in [-0.1, -0.05) is 30.3 Å². The fourth-order valence-electron chi connectivity index (χ4n) is 3.93. The summed E-state index contributed by atoms with van der Waals surface area (Å²) in [5.41, 5.74) is 6.27. The van der Waals surface area contributed by atoms with Gasteiger partial charge in [0, 0.05) is 17.8 Å². The van der Waals surface area contributed by atoms with Crippen molar-refractivity contribution in [2.24, 2.45) is 0 Å². The second-order valence-corrected chi connectivity index (χ2v) is 6.88. The summed E-state index contributed by atoms with van der Waals surface area (Å²) >= 11 is 0. The van der Waals surface area contributed by atoms with Crippen LogP contribution in [0.3, 0.4) is 0 Å². The zero-order valence-corrected chi connectivity index (χ0v) is 14.4. The van der Waals surface area contributed by atoms with E-state index in [4.69, 9.17) is 4.98 Å². The maximum absolute atomic E-state index is 4.70. The van der Waals surface area contributed by atoms with Crippen LogP contribution in [0.25, 0.3) is 11.0 Å². The third kappa shape index (κ3) is 2.94. The topological polar surface area (TPSA) is 44.8 Å².